The molecule has 3 aromatic rings. The number of nitrogens with one attached hydrogen (secondary N) is 1. The van der Waals surface area contributed by atoms with Crippen LogP contribution in [-0.4, -0.2) is 33.6 Å². The Morgan fingerprint density at radius 2 is 1.83 bits per heavy atom. The summed E-state index contributed by atoms with van der Waals surface area (Å²) in [5.74, 6) is -0.711. The van der Waals surface area contributed by atoms with Gasteiger partial charge in [-0.2, -0.15) is 9.65 Å². The van der Waals surface area contributed by atoms with Crippen LogP contribution in [0.5, 0.6) is 0 Å². The number of pyridine rings is 2. The molecule has 0 radical (unpaired) electrons. The van der Waals surface area contributed by atoms with Gasteiger partial charge in [-0.1, -0.05) is 18.2 Å². The molecule has 0 saturated heterocycles. The van der Waals surface area contributed by atoms with Crippen LogP contribution in [0.1, 0.15) is 22.4 Å². The average molecular weight is 391 g/mol. The molecule has 1 aliphatic heterocycles. The Labute approximate surface area is 165 Å². The van der Waals surface area contributed by atoms with Gasteiger partial charge in [0.25, 0.3) is 0 Å². The Kier molecular flexibility index (Phi) is 4.74. The Bertz CT molecular complexity index is 1060. The molecule has 0 fully saturated rings. The highest BCUT2D eigenvalue weighted by molar-refractivity contribution is 5.99. The van der Waals surface area contributed by atoms with Gasteiger partial charge in [0.15, 0.2) is 0 Å². The summed E-state index contributed by atoms with van der Waals surface area (Å²) in [4.78, 5) is 12.8. The zero-order valence-corrected chi connectivity index (χ0v) is 15.0. The van der Waals surface area contributed by atoms with E-state index in [9.17, 15) is 13.9 Å². The second-order valence-corrected chi connectivity index (χ2v) is 6.52. The average Bonchev–Trinajstić information content (AvgIpc) is 3.15. The van der Waals surface area contributed by atoms with Crippen LogP contribution in [0, 0.1) is 23.1 Å². The van der Waals surface area contributed by atoms with Gasteiger partial charge in [0.2, 0.25) is 5.95 Å². The highest BCUT2D eigenvalue weighted by Crippen LogP contribution is 2.40. The van der Waals surface area contributed by atoms with Gasteiger partial charge in [-0.15, -0.1) is 0 Å². The number of hydrogen-bond donors (Lipinski definition) is 2. The molecule has 1 aliphatic rings. The van der Waals surface area contributed by atoms with Crippen molar-refractivity contribution in [3.63, 3.8) is 0 Å². The first kappa shape index (κ1) is 18.7. The largest absolute Gasteiger partial charge is 0.394 e. The topological polar surface area (TPSA) is 94.2 Å². The Balaban J connectivity index is 1.94. The van der Waals surface area contributed by atoms with Crippen molar-refractivity contribution in [1.82, 2.24) is 15.3 Å². The number of hydrogen-bond acceptors (Lipinski definition) is 6. The summed E-state index contributed by atoms with van der Waals surface area (Å²) in [7, 11) is 0. The number of benzene rings is 1. The van der Waals surface area contributed by atoms with Crippen LogP contribution < -0.4 is 5.32 Å². The van der Waals surface area contributed by atoms with Gasteiger partial charge in [0, 0.05) is 18.0 Å². The number of nitrogens with zero attached hydrogens (tertiary/aromatic N) is 4. The molecule has 1 unspecified atom stereocenters. The molecule has 0 bridgehead atoms. The molecule has 2 aromatic heterocycles. The van der Waals surface area contributed by atoms with Crippen molar-refractivity contribution >= 4 is 5.84 Å². The molecule has 0 spiro atoms. The molecule has 29 heavy (non-hydrogen) atoms. The fourth-order valence-corrected chi connectivity index (χ4v) is 3.50. The lowest BCUT2D eigenvalue weighted by molar-refractivity contribution is 0.221. The summed E-state index contributed by atoms with van der Waals surface area (Å²) in [5, 5.41) is 22.4. The third-order valence-electron chi connectivity index (χ3n) is 4.87. The number of aliphatic imine (C=N–C) groups is 1. The van der Waals surface area contributed by atoms with Gasteiger partial charge in [-0.25, -0.2) is 14.4 Å². The Hall–Kier alpha value is -3.70. The van der Waals surface area contributed by atoms with Crippen LogP contribution in [0.15, 0.2) is 65.9 Å². The van der Waals surface area contributed by atoms with E-state index in [2.05, 4.69) is 15.3 Å². The fraction of sp³-hybridized carbons (Fsp3) is 0.143. The van der Waals surface area contributed by atoms with Gasteiger partial charge >= 0.3 is 0 Å². The number of halogens is 2. The van der Waals surface area contributed by atoms with Gasteiger partial charge in [0.1, 0.15) is 22.9 Å². The normalized spacial score (nSPS) is 20.6. The van der Waals surface area contributed by atoms with Crippen molar-refractivity contribution in [3.05, 3.63) is 95.1 Å². The predicted octanol–water partition coefficient (Wildman–Crippen LogP) is 2.28. The second-order valence-electron chi connectivity index (χ2n) is 6.52. The SMILES string of the molecule is N#Cc1ccnc(C2=NC(c3ccc(F)cc3)(c3ccc(F)nc3)[C@H](CO)N2)c1. The van der Waals surface area contributed by atoms with E-state index in [0.29, 0.717) is 28.2 Å². The van der Waals surface area contributed by atoms with Gasteiger partial charge < -0.3 is 10.4 Å². The smallest absolute Gasteiger partial charge is 0.212 e. The Morgan fingerprint density at radius 1 is 1.07 bits per heavy atom. The summed E-state index contributed by atoms with van der Waals surface area (Å²) >= 11 is 0. The maximum absolute atomic E-state index is 13.6. The summed E-state index contributed by atoms with van der Waals surface area (Å²) in [6.07, 6.45) is 2.83. The summed E-state index contributed by atoms with van der Waals surface area (Å²) in [5.41, 5.74) is 0.737. The lowest BCUT2D eigenvalue weighted by atomic mass is 9.79. The molecule has 2 N–H and O–H groups in total. The van der Waals surface area contributed by atoms with Crippen LogP contribution in [0.2, 0.25) is 0 Å². The van der Waals surface area contributed by atoms with Crippen LogP contribution in [0.25, 0.3) is 0 Å². The highest BCUT2D eigenvalue weighted by Gasteiger charge is 2.47. The van der Waals surface area contributed by atoms with Crippen molar-refractivity contribution in [3.8, 4) is 6.07 Å². The van der Waals surface area contributed by atoms with Crippen molar-refractivity contribution in [2.24, 2.45) is 4.99 Å². The van der Waals surface area contributed by atoms with E-state index in [1.165, 1.54) is 36.7 Å². The maximum atomic E-state index is 13.6. The van der Waals surface area contributed by atoms with Crippen molar-refractivity contribution in [1.29, 1.82) is 5.26 Å². The van der Waals surface area contributed by atoms with E-state index in [-0.39, 0.29) is 6.61 Å². The minimum absolute atomic E-state index is 0.320. The molecule has 0 saturated carbocycles. The third-order valence-corrected chi connectivity index (χ3v) is 4.87. The number of nitriles is 1. The standard InChI is InChI=1S/C21H15F2N5O/c22-16-4-1-14(2-5-16)21(15-3-6-19(23)26-11-15)18(12-29)27-20(28-21)17-9-13(10-24)7-8-25-17/h1-9,11,18,29H,12H2,(H,27,28)/t18-,21?/m0/s1. The fourth-order valence-electron chi connectivity index (χ4n) is 3.50. The van der Waals surface area contributed by atoms with E-state index in [4.69, 9.17) is 10.3 Å². The zero-order valence-electron chi connectivity index (χ0n) is 15.0. The van der Waals surface area contributed by atoms with Gasteiger partial charge in [-0.3, -0.25) is 4.98 Å². The van der Waals surface area contributed by atoms with Crippen LogP contribution in [0.4, 0.5) is 8.78 Å². The molecule has 2 atom stereocenters. The molecule has 0 amide bonds. The molecular weight excluding hydrogens is 376 g/mol. The minimum atomic E-state index is -1.19. The van der Waals surface area contributed by atoms with Gasteiger partial charge in [-0.05, 0) is 35.9 Å². The molecule has 144 valence electrons. The number of aliphatic hydroxyl groups is 1. The number of aliphatic hydroxyl groups excluding tert-OH is 1. The summed E-state index contributed by atoms with van der Waals surface area (Å²) in [6.45, 7) is -0.320. The van der Waals surface area contributed by atoms with E-state index in [1.54, 1.807) is 24.3 Å². The summed E-state index contributed by atoms with van der Waals surface area (Å²) < 4.78 is 27.0. The molecule has 1 aromatic carbocycles. The second kappa shape index (κ2) is 7.37. The molecular formula is C21H15F2N5O. The van der Waals surface area contributed by atoms with E-state index >= 15 is 0 Å². The van der Waals surface area contributed by atoms with Crippen molar-refractivity contribution in [2.45, 2.75) is 11.6 Å². The lowest BCUT2D eigenvalue weighted by Gasteiger charge is -2.32. The maximum Gasteiger partial charge on any atom is 0.212 e. The highest BCUT2D eigenvalue weighted by atomic mass is 19.1. The monoisotopic (exact) mass is 391 g/mol. The zero-order chi connectivity index (χ0) is 20.4. The predicted molar refractivity (Wildman–Crippen MR) is 101 cm³/mol. The number of aromatic nitrogens is 2. The van der Waals surface area contributed by atoms with Crippen LogP contribution in [-0.2, 0) is 5.54 Å². The minimum Gasteiger partial charge on any atom is -0.394 e. The number of rotatable bonds is 4. The first-order valence-electron chi connectivity index (χ1n) is 8.78. The lowest BCUT2D eigenvalue weighted by Crippen LogP contribution is -2.46. The van der Waals surface area contributed by atoms with Crippen molar-refractivity contribution in [2.75, 3.05) is 6.61 Å². The summed E-state index contributed by atoms with van der Waals surface area (Å²) in [6, 6.07) is 13.0. The van der Waals surface area contributed by atoms with Crippen LogP contribution >= 0.6 is 0 Å². The molecule has 6 nitrogen and oxygen atoms in total. The number of amidine groups is 1. The van der Waals surface area contributed by atoms with Crippen LogP contribution in [0.3, 0.4) is 0 Å². The molecule has 3 heterocycles. The molecule has 0 aliphatic carbocycles. The quantitative estimate of drug-likeness (QED) is 0.666. The first-order valence-corrected chi connectivity index (χ1v) is 8.78. The third kappa shape index (κ3) is 3.22. The van der Waals surface area contributed by atoms with Crippen molar-refractivity contribution < 1.29 is 13.9 Å². The molecule has 4 rings (SSSR count). The Morgan fingerprint density at radius 3 is 2.48 bits per heavy atom. The van der Waals surface area contributed by atoms with E-state index in [1.807, 2.05) is 6.07 Å². The van der Waals surface area contributed by atoms with E-state index < -0.39 is 23.3 Å². The van der Waals surface area contributed by atoms with E-state index in [0.717, 1.165) is 0 Å². The molecule has 8 heteroatoms. The first-order chi connectivity index (χ1) is 14.1. The van der Waals surface area contributed by atoms with Gasteiger partial charge in [0.05, 0.1) is 24.3 Å².